The minimum Gasteiger partial charge on any atom is -0.543 e. The van der Waals surface area contributed by atoms with E-state index < -0.39 is 8.32 Å². The van der Waals surface area contributed by atoms with Gasteiger partial charge < -0.3 is 9.16 Å². The fourth-order valence-electron chi connectivity index (χ4n) is 5.11. The highest BCUT2D eigenvalue weighted by Gasteiger charge is 2.95. The standard InChI is InChI=1S/C20H28O3Si/c1-18(2,3)24(6,7)23-12-8-9-13-14(10-12)19(4)16-17(19)20(13,16)11-15(21)22-5/h8-10,16-17H,11H2,1-7H3. The van der Waals surface area contributed by atoms with Crippen LogP contribution in [0.1, 0.15) is 45.2 Å². The lowest BCUT2D eigenvalue weighted by Crippen LogP contribution is -2.43. The van der Waals surface area contributed by atoms with E-state index in [1.165, 1.54) is 18.2 Å². The molecule has 1 aromatic rings. The van der Waals surface area contributed by atoms with Gasteiger partial charge in [-0.15, -0.1) is 0 Å². The van der Waals surface area contributed by atoms with Crippen molar-refractivity contribution in [1.29, 1.82) is 0 Å². The Morgan fingerprint density at radius 2 is 1.83 bits per heavy atom. The molecule has 0 N–H and O–H groups in total. The minimum absolute atomic E-state index is 0.0761. The molecule has 0 amide bonds. The van der Waals surface area contributed by atoms with E-state index in [4.69, 9.17) is 9.16 Å². The van der Waals surface area contributed by atoms with Crippen molar-refractivity contribution in [1.82, 2.24) is 0 Å². The molecule has 0 aromatic heterocycles. The lowest BCUT2D eigenvalue weighted by molar-refractivity contribution is -0.141. The normalized spacial score (nSPS) is 35.1. The highest BCUT2D eigenvalue weighted by Crippen LogP contribution is 2.94. The predicted octanol–water partition coefficient (Wildman–Crippen LogP) is 4.40. The van der Waals surface area contributed by atoms with Crippen molar-refractivity contribution >= 4 is 14.3 Å². The van der Waals surface area contributed by atoms with Gasteiger partial charge in [-0.2, -0.15) is 0 Å². The Morgan fingerprint density at radius 3 is 2.38 bits per heavy atom. The molecule has 2 unspecified atom stereocenters. The van der Waals surface area contributed by atoms with Crippen LogP contribution in [0.5, 0.6) is 5.75 Å². The molecule has 2 saturated carbocycles. The van der Waals surface area contributed by atoms with Crippen molar-refractivity contribution in [2.75, 3.05) is 7.11 Å². The molecule has 0 aliphatic heterocycles. The molecule has 2 atom stereocenters. The van der Waals surface area contributed by atoms with Gasteiger partial charge in [0.2, 0.25) is 8.32 Å². The van der Waals surface area contributed by atoms with Gasteiger partial charge in [0, 0.05) is 10.8 Å². The van der Waals surface area contributed by atoms with Crippen molar-refractivity contribution in [2.24, 2.45) is 11.8 Å². The number of esters is 1. The number of carbonyl (C=O) groups excluding carboxylic acids is 1. The number of benzene rings is 1. The van der Waals surface area contributed by atoms with E-state index in [9.17, 15) is 4.79 Å². The summed E-state index contributed by atoms with van der Waals surface area (Å²) in [4.78, 5) is 11.8. The zero-order valence-electron chi connectivity index (χ0n) is 15.8. The van der Waals surface area contributed by atoms with E-state index in [1.54, 1.807) is 0 Å². The second kappa shape index (κ2) is 4.27. The van der Waals surface area contributed by atoms with Crippen LogP contribution < -0.4 is 4.43 Å². The molecule has 0 saturated heterocycles. The van der Waals surface area contributed by atoms with Crippen LogP contribution in [0.4, 0.5) is 0 Å². The molecule has 3 nitrogen and oxygen atoms in total. The van der Waals surface area contributed by atoms with Crippen LogP contribution >= 0.6 is 0 Å². The molecule has 5 rings (SSSR count). The number of rotatable bonds is 4. The summed E-state index contributed by atoms with van der Waals surface area (Å²) in [6, 6.07) is 6.59. The van der Waals surface area contributed by atoms with E-state index in [0.717, 1.165) is 5.75 Å². The molecule has 1 aromatic carbocycles. The molecule has 2 bridgehead atoms. The van der Waals surface area contributed by atoms with Gasteiger partial charge in [-0.25, -0.2) is 0 Å². The van der Waals surface area contributed by atoms with Crippen molar-refractivity contribution in [2.45, 2.75) is 63.1 Å². The highest BCUT2D eigenvalue weighted by atomic mass is 28.4. The van der Waals surface area contributed by atoms with E-state index in [1.807, 2.05) is 0 Å². The van der Waals surface area contributed by atoms with E-state index in [-0.39, 0.29) is 21.8 Å². The van der Waals surface area contributed by atoms with Crippen LogP contribution in [0.25, 0.3) is 0 Å². The third-order valence-corrected chi connectivity index (χ3v) is 11.8. The Labute approximate surface area is 145 Å². The first kappa shape index (κ1) is 16.2. The Bertz CT molecular complexity index is 734. The van der Waals surface area contributed by atoms with Crippen LogP contribution in [-0.4, -0.2) is 21.4 Å². The maximum absolute atomic E-state index is 11.8. The number of carbonyl (C=O) groups is 1. The first-order chi connectivity index (χ1) is 11.0. The van der Waals surface area contributed by atoms with Gasteiger partial charge in [0.05, 0.1) is 13.5 Å². The molecule has 4 aliphatic rings. The van der Waals surface area contributed by atoms with Crippen molar-refractivity contribution < 1.29 is 14.0 Å². The quantitative estimate of drug-likeness (QED) is 0.600. The molecule has 130 valence electrons. The largest absolute Gasteiger partial charge is 0.543 e. The van der Waals surface area contributed by atoms with Gasteiger partial charge in [-0.3, -0.25) is 4.79 Å². The highest BCUT2D eigenvalue weighted by molar-refractivity contribution is 6.74. The third-order valence-electron chi connectivity index (χ3n) is 7.43. The lowest BCUT2D eigenvalue weighted by atomic mass is 9.84. The Kier molecular flexibility index (Phi) is 2.88. The van der Waals surface area contributed by atoms with Crippen LogP contribution in [0.2, 0.25) is 18.1 Å². The zero-order valence-corrected chi connectivity index (χ0v) is 16.8. The Hall–Kier alpha value is -1.29. The first-order valence-corrected chi connectivity index (χ1v) is 11.8. The molecular weight excluding hydrogens is 316 g/mol. The molecular formula is C20H28O3Si. The third kappa shape index (κ3) is 1.70. The predicted molar refractivity (Wildman–Crippen MR) is 96.9 cm³/mol. The summed E-state index contributed by atoms with van der Waals surface area (Å²) < 4.78 is 11.4. The molecule has 4 heteroatoms. The van der Waals surface area contributed by atoms with Gasteiger partial charge in [0.25, 0.3) is 0 Å². The van der Waals surface area contributed by atoms with Crippen LogP contribution in [0, 0.1) is 11.8 Å². The number of hydrogen-bond donors (Lipinski definition) is 0. The average Bonchev–Trinajstić information content (AvgIpc) is 3.29. The second-order valence-corrected chi connectivity index (χ2v) is 14.3. The monoisotopic (exact) mass is 344 g/mol. The molecule has 24 heavy (non-hydrogen) atoms. The van der Waals surface area contributed by atoms with E-state index in [2.05, 4.69) is 59.0 Å². The minimum atomic E-state index is -1.83. The van der Waals surface area contributed by atoms with E-state index in [0.29, 0.717) is 18.3 Å². The van der Waals surface area contributed by atoms with Crippen molar-refractivity contribution in [3.05, 3.63) is 29.3 Å². The van der Waals surface area contributed by atoms with Crippen molar-refractivity contribution in [3.63, 3.8) is 0 Å². The summed E-state index contributed by atoms with van der Waals surface area (Å²) in [6.45, 7) is 13.7. The lowest BCUT2D eigenvalue weighted by Gasteiger charge is -2.36. The summed E-state index contributed by atoms with van der Waals surface area (Å²) in [6.07, 6.45) is 0.532. The molecule has 2 fully saturated rings. The van der Waals surface area contributed by atoms with Gasteiger partial charge in [0.1, 0.15) is 5.75 Å². The van der Waals surface area contributed by atoms with Gasteiger partial charge in [-0.05, 0) is 53.2 Å². The molecule has 0 heterocycles. The first-order valence-electron chi connectivity index (χ1n) is 8.91. The smallest absolute Gasteiger partial charge is 0.306 e. The SMILES string of the molecule is COC(=O)CC12c3ccc(O[Si](C)(C)C(C)(C)C)cc3C3(C)C1C32. The van der Waals surface area contributed by atoms with Crippen LogP contribution in [0.15, 0.2) is 18.2 Å². The molecule has 4 aliphatic carbocycles. The topological polar surface area (TPSA) is 35.5 Å². The number of hydrogen-bond acceptors (Lipinski definition) is 3. The summed E-state index contributed by atoms with van der Waals surface area (Å²) in [5, 5.41) is 0.190. The van der Waals surface area contributed by atoms with Crippen molar-refractivity contribution in [3.8, 4) is 5.75 Å². The summed E-state index contributed by atoms with van der Waals surface area (Å²) in [5.74, 6) is 2.20. The number of methoxy groups -OCH3 is 1. The van der Waals surface area contributed by atoms with Gasteiger partial charge in [0.15, 0.2) is 0 Å². The fraction of sp³-hybridized carbons (Fsp3) is 0.650. The average molecular weight is 345 g/mol. The molecule has 0 spiro atoms. The van der Waals surface area contributed by atoms with Gasteiger partial charge in [-0.1, -0.05) is 33.8 Å². The summed E-state index contributed by atoms with van der Waals surface area (Å²) >= 11 is 0. The Balaban J connectivity index is 1.64. The van der Waals surface area contributed by atoms with Crippen LogP contribution in [0.3, 0.4) is 0 Å². The number of ether oxygens (including phenoxy) is 1. The fourth-order valence-corrected chi connectivity index (χ4v) is 6.13. The maximum atomic E-state index is 11.8. The zero-order chi connectivity index (χ0) is 17.7. The second-order valence-electron chi connectivity index (χ2n) is 9.60. The van der Waals surface area contributed by atoms with E-state index >= 15 is 0 Å². The molecule has 0 radical (unpaired) electrons. The van der Waals surface area contributed by atoms with Gasteiger partial charge >= 0.3 is 5.97 Å². The summed E-state index contributed by atoms with van der Waals surface area (Å²) in [7, 11) is -0.345. The van der Waals surface area contributed by atoms with Crippen LogP contribution in [-0.2, 0) is 20.4 Å². The Morgan fingerprint density at radius 1 is 1.21 bits per heavy atom. The summed E-state index contributed by atoms with van der Waals surface area (Å²) in [5.41, 5.74) is 3.13. The maximum Gasteiger partial charge on any atom is 0.306 e.